The molecule has 0 aromatic rings. The van der Waals surface area contributed by atoms with Gasteiger partial charge in [0.05, 0.1) is 0 Å². The highest BCUT2D eigenvalue weighted by Crippen LogP contribution is 2.16. The maximum Gasteiger partial charge on any atom is 0.0444 e. The predicted molar refractivity (Wildman–Crippen MR) is 58.0 cm³/mol. The van der Waals surface area contributed by atoms with Crippen molar-refractivity contribution in [1.29, 1.82) is 0 Å². The van der Waals surface area contributed by atoms with Crippen LogP contribution in [0.15, 0.2) is 0 Å². The summed E-state index contributed by atoms with van der Waals surface area (Å²) in [6.45, 7) is 9.14. The molecule has 0 bridgehead atoms. The van der Waals surface area contributed by atoms with E-state index >= 15 is 0 Å². The Morgan fingerprint density at radius 2 is 1.85 bits per heavy atom. The average Bonchev–Trinajstić information content (AvgIpc) is 2.06. The van der Waals surface area contributed by atoms with Crippen molar-refractivity contribution in [2.75, 3.05) is 26.1 Å². The Morgan fingerprint density at radius 3 is 2.31 bits per heavy atom. The predicted octanol–water partition coefficient (Wildman–Crippen LogP) is 1.81. The minimum absolute atomic E-state index is 0.143. The quantitative estimate of drug-likeness (QED) is 0.618. The zero-order valence-corrected chi connectivity index (χ0v) is 9.46. The number of hydrogen-bond donors (Lipinski definition) is 0. The third kappa shape index (κ3) is 2.96. The van der Waals surface area contributed by atoms with Gasteiger partial charge in [-0.15, -0.1) is 0 Å². The summed E-state index contributed by atoms with van der Waals surface area (Å²) in [5.41, 5.74) is -0.150. The molecule has 1 atom stereocenters. The molecule has 1 heterocycles. The Bertz CT molecular complexity index is 248. The van der Waals surface area contributed by atoms with Crippen molar-refractivity contribution in [1.82, 2.24) is 9.80 Å². The van der Waals surface area contributed by atoms with Gasteiger partial charge in [0.15, 0.2) is 0 Å². The minimum Gasteiger partial charge on any atom is -0.298 e. The van der Waals surface area contributed by atoms with Crippen molar-refractivity contribution >= 4 is 0 Å². The third-order valence-electron chi connectivity index (χ3n) is 2.45. The lowest BCUT2D eigenvalue weighted by Gasteiger charge is -2.43. The maximum atomic E-state index is 8.12. The summed E-state index contributed by atoms with van der Waals surface area (Å²) in [4.78, 5) is 3.72. The number of rotatable bonds is 1. The molecule has 2 nitrogen and oxygen atoms in total. The SMILES string of the molecule is [2H]C1N(C(C)(C)C)CCN(C(C)C)C1([2H])[2H]. The normalized spacial score (nSPS) is 35.5. The largest absolute Gasteiger partial charge is 0.298 e. The third-order valence-corrected chi connectivity index (χ3v) is 2.45. The summed E-state index contributed by atoms with van der Waals surface area (Å²) >= 11 is 0. The molecule has 0 aromatic heterocycles. The second-order valence-corrected chi connectivity index (χ2v) is 4.91. The molecule has 0 aliphatic carbocycles. The van der Waals surface area contributed by atoms with Crippen molar-refractivity contribution < 1.29 is 4.11 Å². The molecule has 0 aromatic carbocycles. The first-order valence-electron chi connectivity index (χ1n) is 6.62. The van der Waals surface area contributed by atoms with Crippen molar-refractivity contribution in [2.45, 2.75) is 46.2 Å². The van der Waals surface area contributed by atoms with Crippen molar-refractivity contribution in [3.63, 3.8) is 0 Å². The maximum absolute atomic E-state index is 8.12. The fraction of sp³-hybridized carbons (Fsp3) is 1.00. The van der Waals surface area contributed by atoms with Gasteiger partial charge >= 0.3 is 0 Å². The van der Waals surface area contributed by atoms with Gasteiger partial charge in [-0.1, -0.05) is 0 Å². The van der Waals surface area contributed by atoms with E-state index in [0.717, 1.165) is 6.54 Å². The van der Waals surface area contributed by atoms with E-state index in [0.29, 0.717) is 6.54 Å². The van der Waals surface area contributed by atoms with Crippen LogP contribution in [0.5, 0.6) is 0 Å². The number of hydrogen-bond acceptors (Lipinski definition) is 2. The Kier molecular flexibility index (Phi) is 2.21. The van der Waals surface area contributed by atoms with Crippen LogP contribution < -0.4 is 0 Å². The number of nitrogens with zero attached hydrogens (tertiary/aromatic N) is 2. The summed E-state index contributed by atoms with van der Waals surface area (Å²) < 4.78 is 24.3. The van der Waals surface area contributed by atoms with E-state index < -0.39 is 13.0 Å². The Labute approximate surface area is 87.1 Å². The van der Waals surface area contributed by atoms with Crippen molar-refractivity contribution in [3.8, 4) is 0 Å². The molecule has 1 aliphatic heterocycles. The smallest absolute Gasteiger partial charge is 0.0444 e. The second kappa shape index (κ2) is 3.97. The summed E-state index contributed by atoms with van der Waals surface area (Å²) in [7, 11) is 0. The molecule has 0 N–H and O–H groups in total. The fourth-order valence-corrected chi connectivity index (χ4v) is 1.42. The lowest BCUT2D eigenvalue weighted by molar-refractivity contribution is 0.0491. The molecule has 1 rings (SSSR count). The molecule has 78 valence electrons. The molecule has 0 spiro atoms. The van der Waals surface area contributed by atoms with Crippen LogP contribution >= 0.6 is 0 Å². The molecular formula is C11H24N2. The monoisotopic (exact) mass is 187 g/mol. The summed E-state index contributed by atoms with van der Waals surface area (Å²) in [5, 5.41) is 0. The molecule has 0 amide bonds. The zero-order valence-electron chi connectivity index (χ0n) is 12.5. The van der Waals surface area contributed by atoms with E-state index in [9.17, 15) is 0 Å². The lowest BCUT2D eigenvalue weighted by Crippen LogP contribution is -2.54. The molecule has 1 aliphatic rings. The van der Waals surface area contributed by atoms with E-state index in [1.165, 1.54) is 0 Å². The topological polar surface area (TPSA) is 6.48 Å². The van der Waals surface area contributed by atoms with Crippen LogP contribution in [0.25, 0.3) is 0 Å². The standard InChI is InChI=1S/C11H24N2/c1-10(2)12-6-8-13(9-7-12)11(3,4)5/h10H,6-9H2,1-5H3/i6D2,8D. The van der Waals surface area contributed by atoms with Crippen molar-refractivity contribution in [2.24, 2.45) is 0 Å². The Morgan fingerprint density at radius 1 is 1.23 bits per heavy atom. The van der Waals surface area contributed by atoms with Crippen LogP contribution in [0.3, 0.4) is 0 Å². The first-order valence-corrected chi connectivity index (χ1v) is 5.04. The fourth-order valence-electron chi connectivity index (χ4n) is 1.42. The first kappa shape index (κ1) is 7.24. The van der Waals surface area contributed by atoms with Gasteiger partial charge in [-0.25, -0.2) is 0 Å². The van der Waals surface area contributed by atoms with Crippen LogP contribution in [0.2, 0.25) is 0 Å². The van der Waals surface area contributed by atoms with E-state index in [-0.39, 0.29) is 11.6 Å². The summed E-state index contributed by atoms with van der Waals surface area (Å²) in [5.74, 6) is 0. The van der Waals surface area contributed by atoms with Crippen LogP contribution in [0, 0.1) is 0 Å². The molecule has 1 saturated heterocycles. The molecule has 1 unspecified atom stereocenters. The molecule has 2 heteroatoms. The highest BCUT2D eigenvalue weighted by Gasteiger charge is 2.26. The summed E-state index contributed by atoms with van der Waals surface area (Å²) in [6.07, 6.45) is 0. The lowest BCUT2D eigenvalue weighted by atomic mass is 10.0. The minimum atomic E-state index is -1.57. The highest BCUT2D eigenvalue weighted by molar-refractivity contribution is 4.82. The van der Waals surface area contributed by atoms with Crippen LogP contribution in [0.1, 0.15) is 38.7 Å². The van der Waals surface area contributed by atoms with Gasteiger partial charge in [0, 0.05) is 41.8 Å². The van der Waals surface area contributed by atoms with Gasteiger partial charge in [0.25, 0.3) is 0 Å². The van der Waals surface area contributed by atoms with E-state index in [1.807, 2.05) is 39.5 Å². The molecule has 0 radical (unpaired) electrons. The highest BCUT2D eigenvalue weighted by atomic mass is 15.3. The van der Waals surface area contributed by atoms with Crippen molar-refractivity contribution in [3.05, 3.63) is 0 Å². The first-order chi connectivity index (χ1) is 7.08. The Balaban J connectivity index is 2.91. The molecule has 13 heavy (non-hydrogen) atoms. The van der Waals surface area contributed by atoms with Gasteiger partial charge in [-0.05, 0) is 34.6 Å². The van der Waals surface area contributed by atoms with Gasteiger partial charge in [-0.2, -0.15) is 0 Å². The molecular weight excluding hydrogens is 160 g/mol. The zero-order chi connectivity index (χ0) is 12.7. The average molecular weight is 187 g/mol. The van der Waals surface area contributed by atoms with Crippen LogP contribution in [-0.2, 0) is 0 Å². The van der Waals surface area contributed by atoms with Gasteiger partial charge in [-0.3, -0.25) is 9.80 Å². The van der Waals surface area contributed by atoms with Gasteiger partial charge < -0.3 is 0 Å². The van der Waals surface area contributed by atoms with Crippen LogP contribution in [0.4, 0.5) is 0 Å². The van der Waals surface area contributed by atoms with E-state index in [2.05, 4.69) is 0 Å². The van der Waals surface area contributed by atoms with Crippen LogP contribution in [-0.4, -0.2) is 47.5 Å². The van der Waals surface area contributed by atoms with Gasteiger partial charge in [0.1, 0.15) is 0 Å². The molecule has 1 fully saturated rings. The van der Waals surface area contributed by atoms with E-state index in [4.69, 9.17) is 4.11 Å². The van der Waals surface area contributed by atoms with E-state index in [1.54, 1.807) is 4.90 Å². The molecule has 0 saturated carbocycles. The van der Waals surface area contributed by atoms with Gasteiger partial charge in [0.2, 0.25) is 0 Å². The summed E-state index contributed by atoms with van der Waals surface area (Å²) in [6, 6.07) is 0.143. The number of piperazine rings is 1. The Hall–Kier alpha value is -0.0800. The second-order valence-electron chi connectivity index (χ2n) is 4.91.